The molecule has 0 aromatic carbocycles. The van der Waals surface area contributed by atoms with Crippen LogP contribution in [0.4, 0.5) is 0 Å². The van der Waals surface area contributed by atoms with Crippen LogP contribution >= 0.6 is 22.9 Å². The zero-order valence-electron chi connectivity index (χ0n) is 8.15. The number of hydrogen-bond donors (Lipinski definition) is 1. The van der Waals surface area contributed by atoms with Crippen molar-refractivity contribution < 1.29 is 9.90 Å². The van der Waals surface area contributed by atoms with Crippen LogP contribution in [0.5, 0.6) is 0 Å². The third-order valence-corrected chi connectivity index (χ3v) is 3.73. The van der Waals surface area contributed by atoms with Crippen LogP contribution in [0.25, 0.3) is 0 Å². The normalized spacial score (nSPS) is 22.1. The molecule has 1 atom stereocenters. The van der Waals surface area contributed by atoms with Crippen LogP contribution in [0.15, 0.2) is 12.1 Å². The zero-order valence-corrected chi connectivity index (χ0v) is 9.72. The number of aliphatic hydroxyl groups excluding tert-OH is 1. The first kappa shape index (κ1) is 11.1. The summed E-state index contributed by atoms with van der Waals surface area (Å²) in [6, 6.07) is 3.49. The molecule has 0 saturated carbocycles. The number of likely N-dealkylation sites (tertiary alicyclic amines) is 1. The lowest BCUT2D eigenvalue weighted by molar-refractivity contribution is 0.0939. The Bertz CT molecular complexity index is 366. The van der Waals surface area contributed by atoms with E-state index in [1.165, 1.54) is 11.3 Å². The van der Waals surface area contributed by atoms with Crippen molar-refractivity contribution in [3.8, 4) is 0 Å². The largest absolute Gasteiger partial charge is 0.392 e. The van der Waals surface area contributed by atoms with E-state index >= 15 is 0 Å². The van der Waals surface area contributed by atoms with Crippen molar-refractivity contribution in [3.63, 3.8) is 0 Å². The maximum atomic E-state index is 11.7. The minimum atomic E-state index is -0.273. The van der Waals surface area contributed by atoms with Gasteiger partial charge in [-0.3, -0.25) is 9.69 Å². The first-order chi connectivity index (χ1) is 7.15. The van der Waals surface area contributed by atoms with Gasteiger partial charge in [-0.25, -0.2) is 0 Å². The minimum absolute atomic E-state index is 0.0843. The molecular weight excluding hydrogens is 234 g/mol. The average molecular weight is 246 g/mol. The molecule has 1 saturated heterocycles. The van der Waals surface area contributed by atoms with E-state index in [0.717, 1.165) is 13.0 Å². The van der Waals surface area contributed by atoms with Crippen molar-refractivity contribution >= 4 is 28.7 Å². The fourth-order valence-electron chi connectivity index (χ4n) is 1.70. The number of nitrogens with zero attached hydrogens (tertiary/aromatic N) is 1. The predicted octanol–water partition coefficient (Wildman–Crippen LogP) is 1.65. The fourth-order valence-corrected chi connectivity index (χ4v) is 2.67. The molecule has 15 heavy (non-hydrogen) atoms. The summed E-state index contributed by atoms with van der Waals surface area (Å²) in [5.41, 5.74) is 0. The van der Waals surface area contributed by atoms with Crippen LogP contribution in [0.1, 0.15) is 16.1 Å². The summed E-state index contributed by atoms with van der Waals surface area (Å²) in [7, 11) is 0. The second kappa shape index (κ2) is 4.61. The van der Waals surface area contributed by atoms with Crippen molar-refractivity contribution in [2.75, 3.05) is 19.6 Å². The number of carbonyl (C=O) groups is 1. The number of β-amino-alcohol motifs (C(OH)–C–C–N with tert-alkyl or cyclic N) is 1. The van der Waals surface area contributed by atoms with Crippen molar-refractivity contribution in [1.29, 1.82) is 0 Å². The lowest BCUT2D eigenvalue weighted by atomic mass is 10.3. The Morgan fingerprint density at radius 3 is 3.00 bits per heavy atom. The van der Waals surface area contributed by atoms with Gasteiger partial charge >= 0.3 is 0 Å². The Balaban J connectivity index is 1.92. The summed E-state index contributed by atoms with van der Waals surface area (Å²) in [6.07, 6.45) is 0.489. The Labute approximate surface area is 97.3 Å². The van der Waals surface area contributed by atoms with E-state index in [4.69, 9.17) is 11.6 Å². The topological polar surface area (TPSA) is 40.5 Å². The van der Waals surface area contributed by atoms with Gasteiger partial charge in [0.2, 0.25) is 0 Å². The van der Waals surface area contributed by atoms with Gasteiger partial charge in [0.1, 0.15) is 0 Å². The smallest absolute Gasteiger partial charge is 0.186 e. The molecule has 82 valence electrons. The Morgan fingerprint density at radius 2 is 2.47 bits per heavy atom. The molecule has 2 heterocycles. The number of thiophene rings is 1. The number of carbonyl (C=O) groups excluding carboxylic acids is 1. The highest BCUT2D eigenvalue weighted by atomic mass is 35.5. The van der Waals surface area contributed by atoms with Gasteiger partial charge in [-0.1, -0.05) is 11.6 Å². The zero-order chi connectivity index (χ0) is 10.8. The summed E-state index contributed by atoms with van der Waals surface area (Å²) in [5, 5.41) is 9.32. The lowest BCUT2D eigenvalue weighted by Crippen LogP contribution is -2.28. The van der Waals surface area contributed by atoms with E-state index in [1.54, 1.807) is 12.1 Å². The van der Waals surface area contributed by atoms with Crippen LogP contribution in [-0.2, 0) is 0 Å². The summed E-state index contributed by atoms with van der Waals surface area (Å²) in [4.78, 5) is 14.4. The summed E-state index contributed by atoms with van der Waals surface area (Å²) < 4.78 is 0.639. The number of ketones is 1. The highest BCUT2D eigenvalue weighted by Gasteiger charge is 2.22. The molecule has 1 fully saturated rings. The second-order valence-corrected chi connectivity index (χ2v) is 5.42. The average Bonchev–Trinajstić information content (AvgIpc) is 2.75. The van der Waals surface area contributed by atoms with Gasteiger partial charge in [0, 0.05) is 13.1 Å². The molecule has 1 aromatic heterocycles. The molecule has 5 heteroatoms. The lowest BCUT2D eigenvalue weighted by Gasteiger charge is -2.12. The van der Waals surface area contributed by atoms with Crippen LogP contribution in [0, 0.1) is 0 Å². The van der Waals surface area contributed by atoms with E-state index in [2.05, 4.69) is 0 Å². The Morgan fingerprint density at radius 1 is 1.67 bits per heavy atom. The summed E-state index contributed by atoms with van der Waals surface area (Å²) in [5.74, 6) is 0.0843. The van der Waals surface area contributed by atoms with Crippen LogP contribution in [0.2, 0.25) is 4.34 Å². The molecule has 0 spiro atoms. The molecule has 1 aliphatic heterocycles. The minimum Gasteiger partial charge on any atom is -0.392 e. The van der Waals surface area contributed by atoms with E-state index in [1.807, 2.05) is 4.90 Å². The maximum Gasteiger partial charge on any atom is 0.186 e. The predicted molar refractivity (Wildman–Crippen MR) is 60.7 cm³/mol. The molecule has 3 nitrogen and oxygen atoms in total. The highest BCUT2D eigenvalue weighted by Crippen LogP contribution is 2.22. The number of aliphatic hydroxyl groups is 1. The molecule has 0 amide bonds. The molecule has 1 aromatic rings. The molecular formula is C10H12ClNO2S. The van der Waals surface area contributed by atoms with Crippen molar-refractivity contribution in [2.45, 2.75) is 12.5 Å². The molecule has 1 aliphatic rings. The Kier molecular flexibility index (Phi) is 3.41. The first-order valence-electron chi connectivity index (χ1n) is 4.84. The number of halogens is 1. The molecule has 0 aliphatic carbocycles. The molecule has 1 unspecified atom stereocenters. The van der Waals surface area contributed by atoms with E-state index < -0.39 is 0 Å². The molecule has 0 radical (unpaired) electrons. The number of hydrogen-bond acceptors (Lipinski definition) is 4. The van der Waals surface area contributed by atoms with Gasteiger partial charge in [-0.2, -0.15) is 0 Å². The van der Waals surface area contributed by atoms with E-state index in [-0.39, 0.29) is 11.9 Å². The molecule has 0 bridgehead atoms. The first-order valence-corrected chi connectivity index (χ1v) is 6.03. The number of rotatable bonds is 3. The quantitative estimate of drug-likeness (QED) is 0.824. The third kappa shape index (κ3) is 2.78. The van der Waals surface area contributed by atoms with Gasteiger partial charge in [0.05, 0.1) is 21.9 Å². The van der Waals surface area contributed by atoms with Gasteiger partial charge in [-0.15, -0.1) is 11.3 Å². The maximum absolute atomic E-state index is 11.7. The van der Waals surface area contributed by atoms with Crippen molar-refractivity contribution in [3.05, 3.63) is 21.3 Å². The van der Waals surface area contributed by atoms with Crippen LogP contribution in [0.3, 0.4) is 0 Å². The van der Waals surface area contributed by atoms with Crippen molar-refractivity contribution in [2.24, 2.45) is 0 Å². The summed E-state index contributed by atoms with van der Waals surface area (Å²) >= 11 is 7.06. The van der Waals surface area contributed by atoms with Crippen LogP contribution in [-0.4, -0.2) is 41.5 Å². The summed E-state index contributed by atoms with van der Waals surface area (Å²) in [6.45, 7) is 1.78. The highest BCUT2D eigenvalue weighted by molar-refractivity contribution is 7.18. The Hall–Kier alpha value is -0.420. The fraction of sp³-hybridized carbons (Fsp3) is 0.500. The SMILES string of the molecule is O=C(CN1CCC(O)C1)c1ccc(Cl)s1. The van der Waals surface area contributed by atoms with Gasteiger partial charge in [0.25, 0.3) is 0 Å². The molecule has 2 rings (SSSR count). The van der Waals surface area contributed by atoms with Crippen LogP contribution < -0.4 is 0 Å². The number of Topliss-reactive ketones (excluding diaryl/α,β-unsaturated/α-hetero) is 1. The monoisotopic (exact) mass is 245 g/mol. The van der Waals surface area contributed by atoms with Gasteiger partial charge in [0.15, 0.2) is 5.78 Å². The van der Waals surface area contributed by atoms with E-state index in [9.17, 15) is 9.90 Å². The van der Waals surface area contributed by atoms with Crippen molar-refractivity contribution in [1.82, 2.24) is 4.90 Å². The second-order valence-electron chi connectivity index (χ2n) is 3.70. The van der Waals surface area contributed by atoms with Gasteiger partial charge < -0.3 is 5.11 Å². The third-order valence-electron chi connectivity index (χ3n) is 2.46. The van der Waals surface area contributed by atoms with E-state index in [0.29, 0.717) is 22.3 Å². The standard InChI is InChI=1S/C10H12ClNO2S/c11-10-2-1-9(15-10)8(14)6-12-4-3-7(13)5-12/h1-2,7,13H,3-6H2. The molecule has 1 N–H and O–H groups in total. The van der Waals surface area contributed by atoms with Gasteiger partial charge in [-0.05, 0) is 18.6 Å².